The topological polar surface area (TPSA) is 49.3 Å². The number of hydrogen-bond donors (Lipinski definition) is 2. The van der Waals surface area contributed by atoms with Crippen LogP contribution in [-0.4, -0.2) is 11.1 Å². The Morgan fingerprint density at radius 2 is 1.88 bits per heavy atom. The smallest absolute Gasteiger partial charge is 0.337 e. The normalized spacial score (nSPS) is 31.2. The maximum absolute atomic E-state index is 14.6. The summed E-state index contributed by atoms with van der Waals surface area (Å²) in [5.41, 5.74) is 2.10. The molecular formula is C21H19F2NO2. The third-order valence-electron chi connectivity index (χ3n) is 6.64. The number of carbonyl (C=O) groups is 1. The number of hydrogen-bond acceptors (Lipinski definition) is 2. The number of fused-ring (bicyclic) bond motifs is 7. The van der Waals surface area contributed by atoms with E-state index in [2.05, 4.69) is 5.32 Å². The van der Waals surface area contributed by atoms with Gasteiger partial charge in [0, 0.05) is 5.56 Å². The van der Waals surface area contributed by atoms with E-state index in [1.807, 2.05) is 6.07 Å². The first kappa shape index (κ1) is 15.8. The molecule has 1 aliphatic heterocycles. The third kappa shape index (κ3) is 2.12. The van der Waals surface area contributed by atoms with Gasteiger partial charge >= 0.3 is 5.97 Å². The molecule has 26 heavy (non-hydrogen) atoms. The second kappa shape index (κ2) is 5.53. The van der Waals surface area contributed by atoms with Crippen molar-refractivity contribution in [3.8, 4) is 0 Å². The van der Waals surface area contributed by atoms with Crippen molar-refractivity contribution in [2.75, 3.05) is 5.32 Å². The van der Waals surface area contributed by atoms with E-state index >= 15 is 0 Å². The van der Waals surface area contributed by atoms with Gasteiger partial charge in [-0.3, -0.25) is 0 Å². The standard InChI is InChI=1S/C21H19F2NO2/c22-12-6-7-16(23)15(9-12)20-18-11-5-4-10(8-11)17(18)13-2-1-3-14(21(25)26)19(13)24-20/h1-3,6-7,9-11,17-18,20,24H,4-5,8H2,(H,25,26)/t10-,11-,17+,18-,20+/m0/s1. The fourth-order valence-electron chi connectivity index (χ4n) is 5.75. The number of carboxylic acid groups (broad SMARTS) is 1. The van der Waals surface area contributed by atoms with Crippen LogP contribution in [-0.2, 0) is 0 Å². The molecule has 2 saturated carbocycles. The Morgan fingerprint density at radius 1 is 1.08 bits per heavy atom. The zero-order chi connectivity index (χ0) is 18.0. The van der Waals surface area contributed by atoms with Gasteiger partial charge in [-0.15, -0.1) is 0 Å². The van der Waals surface area contributed by atoms with Gasteiger partial charge < -0.3 is 10.4 Å². The number of para-hydroxylation sites is 1. The molecule has 5 heteroatoms. The van der Waals surface area contributed by atoms with Crippen LogP contribution in [0.1, 0.15) is 52.7 Å². The summed E-state index contributed by atoms with van der Waals surface area (Å²) >= 11 is 0. The van der Waals surface area contributed by atoms with Gasteiger partial charge in [-0.25, -0.2) is 13.6 Å². The number of halogens is 2. The second-order valence-corrected chi connectivity index (χ2v) is 7.80. The second-order valence-electron chi connectivity index (χ2n) is 7.80. The van der Waals surface area contributed by atoms with Crippen LogP contribution in [0.15, 0.2) is 36.4 Å². The van der Waals surface area contributed by atoms with Crippen LogP contribution in [0.3, 0.4) is 0 Å². The van der Waals surface area contributed by atoms with E-state index in [4.69, 9.17) is 0 Å². The Bertz CT molecular complexity index is 913. The van der Waals surface area contributed by atoms with E-state index < -0.39 is 23.6 Å². The van der Waals surface area contributed by atoms with Crippen molar-refractivity contribution >= 4 is 11.7 Å². The number of carboxylic acids is 1. The summed E-state index contributed by atoms with van der Waals surface area (Å²) in [5.74, 6) is -0.587. The Hall–Kier alpha value is -2.43. The highest BCUT2D eigenvalue weighted by Gasteiger charge is 2.54. The first-order valence-corrected chi connectivity index (χ1v) is 9.12. The number of nitrogens with one attached hydrogen (secondary N) is 1. The van der Waals surface area contributed by atoms with Crippen LogP contribution in [0.5, 0.6) is 0 Å². The number of anilines is 1. The Balaban J connectivity index is 1.70. The molecule has 3 aliphatic rings. The van der Waals surface area contributed by atoms with Crippen molar-refractivity contribution in [2.24, 2.45) is 17.8 Å². The average molecular weight is 355 g/mol. The molecule has 2 aromatic rings. The van der Waals surface area contributed by atoms with Crippen molar-refractivity contribution in [3.63, 3.8) is 0 Å². The van der Waals surface area contributed by atoms with Gasteiger partial charge in [0.1, 0.15) is 11.6 Å². The lowest BCUT2D eigenvalue weighted by molar-refractivity contribution is 0.0697. The van der Waals surface area contributed by atoms with Crippen molar-refractivity contribution in [2.45, 2.75) is 31.2 Å². The maximum atomic E-state index is 14.6. The molecule has 3 nitrogen and oxygen atoms in total. The minimum absolute atomic E-state index is 0.168. The highest BCUT2D eigenvalue weighted by atomic mass is 19.1. The lowest BCUT2D eigenvalue weighted by atomic mass is 9.67. The van der Waals surface area contributed by atoms with Crippen LogP contribution >= 0.6 is 0 Å². The van der Waals surface area contributed by atoms with Crippen LogP contribution in [0.2, 0.25) is 0 Å². The summed E-state index contributed by atoms with van der Waals surface area (Å²) in [6, 6.07) is 8.48. The Labute approximate surface area is 150 Å². The molecule has 2 fully saturated rings. The van der Waals surface area contributed by atoms with Crippen molar-refractivity contribution in [1.82, 2.24) is 0 Å². The van der Waals surface area contributed by atoms with Gasteiger partial charge in [0.25, 0.3) is 0 Å². The fourth-order valence-corrected chi connectivity index (χ4v) is 5.75. The third-order valence-corrected chi connectivity index (χ3v) is 6.64. The van der Waals surface area contributed by atoms with Gasteiger partial charge in [-0.2, -0.15) is 0 Å². The average Bonchev–Trinajstić information content (AvgIpc) is 3.25. The summed E-state index contributed by atoms with van der Waals surface area (Å²) in [5, 5.41) is 12.9. The predicted molar refractivity (Wildman–Crippen MR) is 93.2 cm³/mol. The highest BCUT2D eigenvalue weighted by molar-refractivity contribution is 5.95. The molecule has 2 aromatic carbocycles. The zero-order valence-corrected chi connectivity index (χ0v) is 14.1. The molecule has 5 atom stereocenters. The molecule has 0 radical (unpaired) electrons. The van der Waals surface area contributed by atoms with Crippen LogP contribution in [0.4, 0.5) is 14.5 Å². The van der Waals surface area contributed by atoms with Gasteiger partial charge in [0.05, 0.1) is 17.3 Å². The predicted octanol–water partition coefficient (Wildman–Crippen LogP) is 4.96. The molecule has 2 aliphatic carbocycles. The van der Waals surface area contributed by atoms with Crippen LogP contribution < -0.4 is 5.32 Å². The first-order valence-electron chi connectivity index (χ1n) is 9.12. The molecule has 1 heterocycles. The monoisotopic (exact) mass is 355 g/mol. The molecule has 134 valence electrons. The molecule has 0 aromatic heterocycles. The molecule has 0 unspecified atom stereocenters. The number of rotatable bonds is 2. The Morgan fingerprint density at radius 3 is 2.69 bits per heavy atom. The minimum atomic E-state index is -1.01. The largest absolute Gasteiger partial charge is 0.478 e. The van der Waals surface area contributed by atoms with E-state index in [1.54, 1.807) is 12.1 Å². The minimum Gasteiger partial charge on any atom is -0.478 e. The molecule has 2 bridgehead atoms. The molecule has 5 rings (SSSR count). The van der Waals surface area contributed by atoms with Crippen molar-refractivity contribution in [1.29, 1.82) is 0 Å². The fraction of sp³-hybridized carbons (Fsp3) is 0.381. The summed E-state index contributed by atoms with van der Waals surface area (Å²) in [7, 11) is 0. The van der Waals surface area contributed by atoms with E-state index in [9.17, 15) is 18.7 Å². The lowest BCUT2D eigenvalue weighted by Gasteiger charge is -2.44. The zero-order valence-electron chi connectivity index (χ0n) is 14.1. The lowest BCUT2D eigenvalue weighted by Crippen LogP contribution is -2.36. The SMILES string of the molecule is O=C(O)c1cccc2c1N[C@H](c1cc(F)ccc1F)[C@H]1[C@H]3CC[C@@H](C3)[C@H]21. The van der Waals surface area contributed by atoms with Crippen LogP contribution in [0, 0.1) is 29.4 Å². The van der Waals surface area contributed by atoms with E-state index in [0.717, 1.165) is 37.0 Å². The Kier molecular flexibility index (Phi) is 3.36. The van der Waals surface area contributed by atoms with Crippen LogP contribution in [0.25, 0.3) is 0 Å². The molecule has 0 spiro atoms. The summed E-state index contributed by atoms with van der Waals surface area (Å²) in [6.07, 6.45) is 3.32. The van der Waals surface area contributed by atoms with Gasteiger partial charge in [-0.1, -0.05) is 12.1 Å². The quantitative estimate of drug-likeness (QED) is 0.800. The molecular weight excluding hydrogens is 336 g/mol. The van der Waals surface area contributed by atoms with Crippen molar-refractivity contribution in [3.05, 3.63) is 64.7 Å². The van der Waals surface area contributed by atoms with Gasteiger partial charge in [0.15, 0.2) is 0 Å². The van der Waals surface area contributed by atoms with Gasteiger partial charge in [0.2, 0.25) is 0 Å². The number of aromatic carboxylic acids is 1. The molecule has 0 amide bonds. The summed E-state index contributed by atoms with van der Waals surface area (Å²) in [4.78, 5) is 11.7. The van der Waals surface area contributed by atoms with E-state index in [1.165, 1.54) is 6.07 Å². The van der Waals surface area contributed by atoms with Gasteiger partial charge in [-0.05, 0) is 72.8 Å². The molecule has 0 saturated heterocycles. The molecule has 2 N–H and O–H groups in total. The summed E-state index contributed by atoms with van der Waals surface area (Å²) < 4.78 is 28.4. The van der Waals surface area contributed by atoms with E-state index in [0.29, 0.717) is 23.1 Å². The van der Waals surface area contributed by atoms with E-state index in [-0.39, 0.29) is 17.4 Å². The highest BCUT2D eigenvalue weighted by Crippen LogP contribution is 2.64. The summed E-state index contributed by atoms with van der Waals surface area (Å²) in [6.45, 7) is 0. The van der Waals surface area contributed by atoms with Crippen molar-refractivity contribution < 1.29 is 18.7 Å². The number of benzene rings is 2. The first-order chi connectivity index (χ1) is 12.5. The maximum Gasteiger partial charge on any atom is 0.337 e.